The number of rotatable bonds is 27. The molecule has 216 valence electrons. The lowest BCUT2D eigenvalue weighted by molar-refractivity contribution is 0.169. The van der Waals surface area contributed by atoms with Crippen molar-refractivity contribution in [1.82, 2.24) is 0 Å². The maximum absolute atomic E-state index is 2.24. The van der Waals surface area contributed by atoms with Gasteiger partial charge in [-0.15, -0.1) is 0 Å². The van der Waals surface area contributed by atoms with E-state index in [4.69, 9.17) is 0 Å². The minimum Gasteiger partial charge on any atom is -0.165 e. The monoisotopic (exact) mass is 666 g/mol. The summed E-state index contributed by atoms with van der Waals surface area (Å²) in [4.78, 5) is 0. The highest BCUT2D eigenvalue weighted by molar-refractivity contribution is 8.05. The van der Waals surface area contributed by atoms with E-state index in [2.05, 4.69) is 89.3 Å². The molecule has 0 aliphatic heterocycles. The normalized spacial score (nSPS) is 20.2. The summed E-state index contributed by atoms with van der Waals surface area (Å²) in [6.45, 7) is 0. The Hall–Kier alpha value is 3.15. The number of hydrogen-bond acceptors (Lipinski definition) is 9. The van der Waals surface area contributed by atoms with Crippen molar-refractivity contribution in [2.45, 2.75) is 38.5 Å². The average Bonchev–Trinajstić information content (AvgIpc) is 2.89. The molecule has 3 atom stereocenters. The van der Waals surface area contributed by atoms with Crippen LogP contribution >= 0.6 is 106 Å². The molecule has 1 rings (SSSR count). The molecular formula is C27H54S9. The third-order valence-electron chi connectivity index (χ3n) is 6.60. The summed E-state index contributed by atoms with van der Waals surface area (Å²) in [5.41, 5.74) is 0. The van der Waals surface area contributed by atoms with Gasteiger partial charge < -0.3 is 0 Å². The van der Waals surface area contributed by atoms with Crippen LogP contribution in [-0.2, 0) is 0 Å². The zero-order chi connectivity index (χ0) is 25.9. The van der Waals surface area contributed by atoms with Gasteiger partial charge in [-0.3, -0.25) is 0 Å². The molecule has 2 unspecified atom stereocenters. The molecule has 0 amide bonds. The number of hydrogen-bond donors (Lipinski definition) is 0. The molecule has 36 heavy (non-hydrogen) atoms. The van der Waals surface area contributed by atoms with Gasteiger partial charge in [0.2, 0.25) is 0 Å². The Morgan fingerprint density at radius 1 is 0.389 bits per heavy atom. The van der Waals surface area contributed by atoms with E-state index in [1.165, 1.54) is 125 Å². The third kappa shape index (κ3) is 22.8. The second-order valence-electron chi connectivity index (χ2n) is 9.22. The molecule has 0 nitrogen and oxygen atoms in total. The van der Waals surface area contributed by atoms with Crippen molar-refractivity contribution in [1.29, 1.82) is 0 Å². The predicted molar refractivity (Wildman–Crippen MR) is 197 cm³/mol. The van der Waals surface area contributed by atoms with Crippen LogP contribution in [0, 0.1) is 17.8 Å². The fourth-order valence-corrected chi connectivity index (χ4v) is 13.4. The van der Waals surface area contributed by atoms with E-state index in [0.717, 1.165) is 17.8 Å². The second-order valence-corrected chi connectivity index (χ2v) is 19.5. The average molecular weight is 667 g/mol. The van der Waals surface area contributed by atoms with Crippen LogP contribution < -0.4 is 0 Å². The smallest absolute Gasteiger partial charge is 0.00238 e. The molecule has 1 fully saturated rings. The SMILES string of the molecule is CSCCSCCSCCC1CC[C@H](CCSCCSCCSC)CC1CCSCCSCCSC. The van der Waals surface area contributed by atoms with Crippen molar-refractivity contribution in [3.05, 3.63) is 0 Å². The van der Waals surface area contributed by atoms with E-state index >= 15 is 0 Å². The first-order valence-electron chi connectivity index (χ1n) is 13.7. The first-order valence-corrected chi connectivity index (χ1v) is 24.9. The van der Waals surface area contributed by atoms with Crippen LogP contribution in [0.4, 0.5) is 0 Å². The van der Waals surface area contributed by atoms with E-state index < -0.39 is 0 Å². The van der Waals surface area contributed by atoms with E-state index in [0.29, 0.717) is 0 Å². The predicted octanol–water partition coefficient (Wildman–Crippen LogP) is 9.68. The molecule has 0 aromatic heterocycles. The Kier molecular flexibility index (Phi) is 30.6. The summed E-state index contributed by atoms with van der Waals surface area (Å²) in [7, 11) is 0. The van der Waals surface area contributed by atoms with Crippen LogP contribution in [0.3, 0.4) is 0 Å². The summed E-state index contributed by atoms with van der Waals surface area (Å²) in [5.74, 6) is 23.3. The third-order valence-corrected chi connectivity index (χ3v) is 16.0. The molecule has 0 N–H and O–H groups in total. The fourth-order valence-electron chi connectivity index (χ4n) is 4.53. The van der Waals surface area contributed by atoms with Gasteiger partial charge in [-0.25, -0.2) is 0 Å². The van der Waals surface area contributed by atoms with Crippen LogP contribution in [-0.4, -0.2) is 105 Å². The molecule has 1 saturated carbocycles. The Labute approximate surface area is 264 Å². The molecule has 0 spiro atoms. The lowest BCUT2D eigenvalue weighted by Crippen LogP contribution is -2.26. The highest BCUT2D eigenvalue weighted by Crippen LogP contribution is 2.40. The lowest BCUT2D eigenvalue weighted by atomic mass is 9.71. The van der Waals surface area contributed by atoms with Crippen molar-refractivity contribution < 1.29 is 0 Å². The fraction of sp³-hybridized carbons (Fsp3) is 1.00. The maximum Gasteiger partial charge on any atom is 0.00238 e. The van der Waals surface area contributed by atoms with Crippen molar-refractivity contribution in [2.24, 2.45) is 17.8 Å². The van der Waals surface area contributed by atoms with E-state index in [1.54, 1.807) is 0 Å². The van der Waals surface area contributed by atoms with Crippen molar-refractivity contribution in [3.63, 3.8) is 0 Å². The Bertz CT molecular complexity index is 441. The van der Waals surface area contributed by atoms with Gasteiger partial charge in [-0.05, 0) is 85.9 Å². The van der Waals surface area contributed by atoms with Crippen LogP contribution in [0.15, 0.2) is 0 Å². The summed E-state index contributed by atoms with van der Waals surface area (Å²) in [5, 5.41) is 0. The Balaban J connectivity index is 2.26. The van der Waals surface area contributed by atoms with Gasteiger partial charge in [0, 0.05) is 69.0 Å². The molecule has 9 heteroatoms. The van der Waals surface area contributed by atoms with Gasteiger partial charge in [-0.1, -0.05) is 6.42 Å². The Morgan fingerprint density at radius 2 is 0.750 bits per heavy atom. The largest absolute Gasteiger partial charge is 0.165 e. The van der Waals surface area contributed by atoms with Crippen LogP contribution in [0.25, 0.3) is 0 Å². The Morgan fingerprint density at radius 3 is 1.19 bits per heavy atom. The summed E-state index contributed by atoms with van der Waals surface area (Å²) >= 11 is 19.1. The minimum absolute atomic E-state index is 1.00. The molecule has 0 saturated heterocycles. The molecule has 1 aliphatic carbocycles. The van der Waals surface area contributed by atoms with Crippen molar-refractivity contribution >= 4 is 106 Å². The molecule has 0 radical (unpaired) electrons. The zero-order valence-electron chi connectivity index (χ0n) is 23.3. The van der Waals surface area contributed by atoms with Gasteiger partial charge in [0.1, 0.15) is 0 Å². The van der Waals surface area contributed by atoms with E-state index in [-0.39, 0.29) is 0 Å². The molecule has 0 aromatic carbocycles. The second kappa shape index (κ2) is 29.6. The van der Waals surface area contributed by atoms with Crippen molar-refractivity contribution in [3.8, 4) is 0 Å². The number of thioether (sulfide) groups is 9. The van der Waals surface area contributed by atoms with Gasteiger partial charge in [0.25, 0.3) is 0 Å². The van der Waals surface area contributed by atoms with Crippen molar-refractivity contribution in [2.75, 3.05) is 105 Å². The molecule has 0 heterocycles. The first-order chi connectivity index (χ1) is 17.8. The topological polar surface area (TPSA) is 0 Å². The standard InChI is InChI=1S/C27H54S9/c1-28-12-15-34-21-18-31-9-6-25-4-5-26(7-10-32-19-22-35-16-13-29-2)27(24-25)8-11-33-20-23-36-17-14-30-3/h25-27H,4-24H2,1-3H3/t25-,26?,27?/m1/s1. The minimum atomic E-state index is 1.00. The highest BCUT2D eigenvalue weighted by atomic mass is 32.2. The van der Waals surface area contributed by atoms with Gasteiger partial charge in [0.05, 0.1) is 0 Å². The molecule has 0 bridgehead atoms. The van der Waals surface area contributed by atoms with Crippen LogP contribution in [0.2, 0.25) is 0 Å². The van der Waals surface area contributed by atoms with E-state index in [9.17, 15) is 0 Å². The van der Waals surface area contributed by atoms with Gasteiger partial charge in [0.15, 0.2) is 0 Å². The van der Waals surface area contributed by atoms with E-state index in [1.807, 2.05) is 35.3 Å². The van der Waals surface area contributed by atoms with Gasteiger partial charge in [-0.2, -0.15) is 106 Å². The van der Waals surface area contributed by atoms with Gasteiger partial charge >= 0.3 is 0 Å². The molecule has 1 aliphatic rings. The first kappa shape index (κ1) is 37.2. The summed E-state index contributed by atoms with van der Waals surface area (Å²) in [6.07, 6.45) is 15.7. The van der Waals surface area contributed by atoms with Crippen LogP contribution in [0.1, 0.15) is 38.5 Å². The lowest BCUT2D eigenvalue weighted by Gasteiger charge is -2.36. The zero-order valence-corrected chi connectivity index (χ0v) is 30.6. The molecule has 0 aromatic rings. The molecular weight excluding hydrogens is 613 g/mol. The highest BCUT2D eigenvalue weighted by Gasteiger charge is 2.29. The summed E-state index contributed by atoms with van der Waals surface area (Å²) in [6, 6.07) is 0. The quantitative estimate of drug-likeness (QED) is 0.0779. The van der Waals surface area contributed by atoms with Crippen LogP contribution in [0.5, 0.6) is 0 Å². The summed E-state index contributed by atoms with van der Waals surface area (Å²) < 4.78 is 0. The maximum atomic E-state index is 2.24.